The fraction of sp³-hybridized carbons (Fsp3) is 0.357. The lowest BCUT2D eigenvalue weighted by Gasteiger charge is -2.17. The molecule has 5 heteroatoms. The number of allylic oxidation sites excluding steroid dienone is 2. The van der Waals surface area contributed by atoms with Gasteiger partial charge in [-0.15, -0.1) is 0 Å². The minimum Gasteiger partial charge on any atom is -0.279 e. The van der Waals surface area contributed by atoms with E-state index in [9.17, 15) is 8.42 Å². The highest BCUT2D eigenvalue weighted by Crippen LogP contribution is 2.35. The Hall–Kier alpha value is -2.30. The van der Waals surface area contributed by atoms with Gasteiger partial charge in [0.2, 0.25) is 0 Å². The number of fused-ring (bicyclic) bond motifs is 1. The molecule has 0 fully saturated rings. The van der Waals surface area contributed by atoms with Gasteiger partial charge in [-0.05, 0) is 84.4 Å². The number of halogens is 1. The standard InChI is InChI=1S/C28H34ClNO2S/c1-20(2)8-5-9-22(15-14-21(3)4)26-12-6-10-23-11-7-13-27(28(23)26)30-33(31,32)25-18-16-24(29)17-19-25/h6-7,9-13,16-21,30H,5,8,14-15H2,1-4H3/b22-9+. The summed E-state index contributed by atoms with van der Waals surface area (Å²) in [5.41, 5.74) is 2.98. The lowest BCUT2D eigenvalue weighted by Crippen LogP contribution is -2.13. The van der Waals surface area contributed by atoms with E-state index in [4.69, 9.17) is 11.6 Å². The van der Waals surface area contributed by atoms with Crippen LogP contribution in [0.1, 0.15) is 58.9 Å². The van der Waals surface area contributed by atoms with Gasteiger partial charge in [0.1, 0.15) is 0 Å². The predicted molar refractivity (Wildman–Crippen MR) is 142 cm³/mol. The Labute approximate surface area is 203 Å². The molecule has 3 rings (SSSR count). The van der Waals surface area contributed by atoms with E-state index in [2.05, 4.69) is 50.6 Å². The second-order valence-electron chi connectivity index (χ2n) is 9.40. The summed E-state index contributed by atoms with van der Waals surface area (Å²) >= 11 is 5.95. The molecule has 0 saturated heterocycles. The van der Waals surface area contributed by atoms with Gasteiger partial charge in [-0.3, -0.25) is 4.72 Å². The van der Waals surface area contributed by atoms with Crippen molar-refractivity contribution in [1.29, 1.82) is 0 Å². The van der Waals surface area contributed by atoms with Crippen LogP contribution >= 0.6 is 11.6 Å². The highest BCUT2D eigenvalue weighted by atomic mass is 35.5. The van der Waals surface area contributed by atoms with Crippen LogP contribution < -0.4 is 4.72 Å². The minimum atomic E-state index is -3.75. The molecule has 3 aromatic rings. The van der Waals surface area contributed by atoms with Crippen molar-refractivity contribution < 1.29 is 8.42 Å². The fourth-order valence-electron chi connectivity index (χ4n) is 3.89. The number of rotatable bonds is 10. The Morgan fingerprint density at radius 3 is 2.18 bits per heavy atom. The van der Waals surface area contributed by atoms with Crippen LogP contribution in [0.2, 0.25) is 5.02 Å². The molecule has 0 aliphatic carbocycles. The maximum Gasteiger partial charge on any atom is 0.261 e. The minimum absolute atomic E-state index is 0.189. The molecule has 0 aliphatic rings. The molecule has 0 spiro atoms. The molecule has 0 radical (unpaired) electrons. The van der Waals surface area contributed by atoms with Gasteiger partial charge in [0.05, 0.1) is 10.6 Å². The highest BCUT2D eigenvalue weighted by Gasteiger charge is 2.18. The fourth-order valence-corrected chi connectivity index (χ4v) is 5.09. The van der Waals surface area contributed by atoms with Crippen LogP contribution in [0.4, 0.5) is 5.69 Å². The Balaban J connectivity index is 2.08. The van der Waals surface area contributed by atoms with Crippen molar-refractivity contribution >= 4 is 43.7 Å². The first-order valence-electron chi connectivity index (χ1n) is 11.7. The van der Waals surface area contributed by atoms with Crippen LogP contribution in [0.5, 0.6) is 0 Å². The zero-order valence-electron chi connectivity index (χ0n) is 19.9. The van der Waals surface area contributed by atoms with E-state index < -0.39 is 10.0 Å². The van der Waals surface area contributed by atoms with Crippen molar-refractivity contribution in [2.24, 2.45) is 11.8 Å². The number of anilines is 1. The van der Waals surface area contributed by atoms with E-state index >= 15 is 0 Å². The molecule has 0 heterocycles. The van der Waals surface area contributed by atoms with Gasteiger partial charge in [0, 0.05) is 10.4 Å². The van der Waals surface area contributed by atoms with Crippen LogP contribution in [-0.4, -0.2) is 8.42 Å². The molecule has 0 amide bonds. The van der Waals surface area contributed by atoms with Crippen molar-refractivity contribution in [1.82, 2.24) is 0 Å². The largest absolute Gasteiger partial charge is 0.279 e. The second kappa shape index (κ2) is 11.2. The molecule has 0 aromatic heterocycles. The van der Waals surface area contributed by atoms with Gasteiger partial charge in [-0.1, -0.05) is 75.7 Å². The number of hydrogen-bond acceptors (Lipinski definition) is 2. The van der Waals surface area contributed by atoms with E-state index in [1.165, 1.54) is 17.7 Å². The summed E-state index contributed by atoms with van der Waals surface area (Å²) in [4.78, 5) is 0.189. The average molecular weight is 484 g/mol. The molecular weight excluding hydrogens is 450 g/mol. The van der Waals surface area contributed by atoms with Crippen molar-refractivity contribution in [2.45, 2.75) is 58.3 Å². The molecule has 0 bridgehead atoms. The number of nitrogens with one attached hydrogen (secondary N) is 1. The summed E-state index contributed by atoms with van der Waals surface area (Å²) in [5, 5.41) is 2.46. The molecule has 3 nitrogen and oxygen atoms in total. The van der Waals surface area contributed by atoms with E-state index in [0.717, 1.165) is 42.0 Å². The van der Waals surface area contributed by atoms with Crippen molar-refractivity contribution in [3.8, 4) is 0 Å². The van der Waals surface area contributed by atoms with Crippen LogP contribution in [-0.2, 0) is 10.0 Å². The summed E-state index contributed by atoms with van der Waals surface area (Å²) < 4.78 is 29.1. The molecule has 0 saturated carbocycles. The van der Waals surface area contributed by atoms with Crippen LogP contribution in [0.15, 0.2) is 71.6 Å². The molecule has 33 heavy (non-hydrogen) atoms. The third kappa shape index (κ3) is 6.84. The Morgan fingerprint density at radius 1 is 0.909 bits per heavy atom. The number of hydrogen-bond donors (Lipinski definition) is 1. The summed E-state index contributed by atoms with van der Waals surface area (Å²) in [7, 11) is -3.75. The zero-order valence-corrected chi connectivity index (χ0v) is 21.5. The topological polar surface area (TPSA) is 46.2 Å². The molecule has 0 atom stereocenters. The van der Waals surface area contributed by atoms with Crippen molar-refractivity contribution in [2.75, 3.05) is 4.72 Å². The molecule has 176 valence electrons. The summed E-state index contributed by atoms with van der Waals surface area (Å²) in [6.45, 7) is 8.95. The first kappa shape index (κ1) is 25.3. The monoisotopic (exact) mass is 483 g/mol. The van der Waals surface area contributed by atoms with E-state index in [1.807, 2.05) is 24.3 Å². The lowest BCUT2D eigenvalue weighted by molar-refractivity contribution is 0.588. The lowest BCUT2D eigenvalue weighted by atomic mass is 9.91. The van der Waals surface area contributed by atoms with Gasteiger partial charge in [0.15, 0.2) is 0 Å². The Kier molecular flexibility index (Phi) is 8.61. The van der Waals surface area contributed by atoms with Gasteiger partial charge >= 0.3 is 0 Å². The third-order valence-electron chi connectivity index (χ3n) is 5.74. The number of benzene rings is 3. The molecule has 3 aromatic carbocycles. The second-order valence-corrected chi connectivity index (χ2v) is 11.5. The first-order chi connectivity index (χ1) is 15.7. The number of sulfonamides is 1. The average Bonchev–Trinajstić information content (AvgIpc) is 2.75. The maximum atomic E-state index is 13.1. The SMILES string of the molecule is CC(C)CC/C=C(\CCC(C)C)c1cccc2cccc(NS(=O)(=O)c3ccc(Cl)cc3)c12. The molecule has 0 aliphatic heterocycles. The molecule has 1 N–H and O–H groups in total. The summed E-state index contributed by atoms with van der Waals surface area (Å²) in [5.74, 6) is 1.23. The Bertz CT molecular complexity index is 1210. The van der Waals surface area contributed by atoms with Gasteiger partial charge in [0.25, 0.3) is 10.0 Å². The quantitative estimate of drug-likeness (QED) is 0.314. The zero-order chi connectivity index (χ0) is 24.0. The summed E-state index contributed by atoms with van der Waals surface area (Å²) in [6.07, 6.45) is 6.55. The van der Waals surface area contributed by atoms with Gasteiger partial charge in [-0.25, -0.2) is 8.42 Å². The normalized spacial score (nSPS) is 12.6. The first-order valence-corrected chi connectivity index (χ1v) is 13.5. The van der Waals surface area contributed by atoms with Crippen LogP contribution in [0.25, 0.3) is 16.3 Å². The predicted octanol–water partition coefficient (Wildman–Crippen LogP) is 8.55. The smallest absolute Gasteiger partial charge is 0.261 e. The Morgan fingerprint density at radius 2 is 1.55 bits per heavy atom. The van der Waals surface area contributed by atoms with E-state index in [0.29, 0.717) is 22.5 Å². The van der Waals surface area contributed by atoms with Crippen LogP contribution in [0, 0.1) is 11.8 Å². The maximum absolute atomic E-state index is 13.1. The molecule has 0 unspecified atom stereocenters. The van der Waals surface area contributed by atoms with E-state index in [1.54, 1.807) is 12.1 Å². The van der Waals surface area contributed by atoms with Crippen molar-refractivity contribution in [3.63, 3.8) is 0 Å². The van der Waals surface area contributed by atoms with E-state index in [-0.39, 0.29) is 4.90 Å². The van der Waals surface area contributed by atoms with Gasteiger partial charge in [-0.2, -0.15) is 0 Å². The van der Waals surface area contributed by atoms with Gasteiger partial charge < -0.3 is 0 Å². The van der Waals surface area contributed by atoms with Crippen LogP contribution in [0.3, 0.4) is 0 Å². The third-order valence-corrected chi connectivity index (χ3v) is 7.38. The summed E-state index contributed by atoms with van der Waals surface area (Å²) in [6, 6.07) is 18.2. The highest BCUT2D eigenvalue weighted by molar-refractivity contribution is 7.92. The molecular formula is C28H34ClNO2S. The van der Waals surface area contributed by atoms with Crippen molar-refractivity contribution in [3.05, 3.63) is 77.3 Å².